The second-order valence-corrected chi connectivity index (χ2v) is 4.78. The first-order valence-corrected chi connectivity index (χ1v) is 6.49. The highest BCUT2D eigenvalue weighted by atomic mass is 35.5. The third-order valence-corrected chi connectivity index (χ3v) is 3.06. The molecule has 0 spiro atoms. The largest absolute Gasteiger partial charge is 0.496 e. The van der Waals surface area contributed by atoms with Crippen molar-refractivity contribution in [2.45, 2.75) is 6.61 Å². The fourth-order valence-electron chi connectivity index (χ4n) is 1.84. The lowest BCUT2D eigenvalue weighted by Gasteiger charge is -2.11. The number of halogens is 2. The molecule has 2 aromatic rings. The van der Waals surface area contributed by atoms with Gasteiger partial charge in [0.1, 0.15) is 23.9 Å². The van der Waals surface area contributed by atoms with E-state index in [9.17, 15) is 4.39 Å². The first-order valence-electron chi connectivity index (χ1n) is 6.11. The monoisotopic (exact) mass is 310 g/mol. The predicted octanol–water partition coefficient (Wildman–Crippen LogP) is 1.75. The molecule has 4 nitrogen and oxygen atoms in total. The van der Waals surface area contributed by atoms with Crippen LogP contribution in [0, 0.1) is 5.82 Å². The average molecular weight is 311 g/mol. The maximum Gasteiger partial charge on any atom is 0.488 e. The van der Waals surface area contributed by atoms with E-state index < -0.39 is 12.9 Å². The Balaban J connectivity index is 2.18. The summed E-state index contributed by atoms with van der Waals surface area (Å²) in [5, 5.41) is 18.7. The quantitative estimate of drug-likeness (QED) is 0.826. The van der Waals surface area contributed by atoms with Crippen LogP contribution in [0.5, 0.6) is 11.5 Å². The molecular weight excluding hydrogens is 297 g/mol. The molecule has 0 aliphatic heterocycles. The van der Waals surface area contributed by atoms with E-state index in [2.05, 4.69) is 0 Å². The van der Waals surface area contributed by atoms with Gasteiger partial charge in [0.05, 0.1) is 7.11 Å². The molecular formula is C14H13BClFO4. The zero-order valence-electron chi connectivity index (χ0n) is 11.2. The van der Waals surface area contributed by atoms with Crippen LogP contribution in [-0.2, 0) is 6.61 Å². The summed E-state index contributed by atoms with van der Waals surface area (Å²) >= 11 is 5.91. The molecule has 0 saturated carbocycles. The maximum absolute atomic E-state index is 13.4. The molecule has 2 N–H and O–H groups in total. The molecule has 0 bridgehead atoms. The Labute approximate surface area is 126 Å². The minimum atomic E-state index is -1.76. The van der Waals surface area contributed by atoms with Gasteiger partial charge >= 0.3 is 7.12 Å². The second kappa shape index (κ2) is 6.80. The van der Waals surface area contributed by atoms with Gasteiger partial charge in [-0.1, -0.05) is 11.6 Å². The van der Waals surface area contributed by atoms with E-state index in [4.69, 9.17) is 31.1 Å². The van der Waals surface area contributed by atoms with Crippen LogP contribution < -0.4 is 14.9 Å². The van der Waals surface area contributed by atoms with Crippen LogP contribution in [0.2, 0.25) is 5.02 Å². The number of ether oxygens (including phenoxy) is 2. The molecule has 0 aliphatic carbocycles. The zero-order chi connectivity index (χ0) is 15.4. The van der Waals surface area contributed by atoms with Crippen molar-refractivity contribution >= 4 is 24.2 Å². The van der Waals surface area contributed by atoms with Gasteiger partial charge < -0.3 is 19.5 Å². The predicted molar refractivity (Wildman–Crippen MR) is 78.6 cm³/mol. The van der Waals surface area contributed by atoms with Gasteiger partial charge in [-0.05, 0) is 35.8 Å². The molecule has 21 heavy (non-hydrogen) atoms. The van der Waals surface area contributed by atoms with Crippen LogP contribution in [0.15, 0.2) is 36.4 Å². The number of rotatable bonds is 5. The third kappa shape index (κ3) is 4.11. The van der Waals surface area contributed by atoms with Crippen molar-refractivity contribution in [2.75, 3.05) is 7.11 Å². The summed E-state index contributed by atoms with van der Waals surface area (Å²) in [4.78, 5) is 0. The molecule has 0 unspecified atom stereocenters. The molecule has 0 fully saturated rings. The van der Waals surface area contributed by atoms with Crippen molar-refractivity contribution < 1.29 is 23.9 Å². The van der Waals surface area contributed by atoms with Crippen molar-refractivity contribution in [2.24, 2.45) is 0 Å². The maximum atomic E-state index is 13.4. The van der Waals surface area contributed by atoms with Crippen molar-refractivity contribution in [3.8, 4) is 11.5 Å². The van der Waals surface area contributed by atoms with E-state index in [1.54, 1.807) is 18.2 Å². The highest BCUT2D eigenvalue weighted by molar-refractivity contribution is 6.58. The smallest absolute Gasteiger partial charge is 0.488 e. The first kappa shape index (κ1) is 15.6. The van der Waals surface area contributed by atoms with Gasteiger partial charge in [-0.2, -0.15) is 0 Å². The van der Waals surface area contributed by atoms with Gasteiger partial charge in [0.25, 0.3) is 0 Å². The minimum Gasteiger partial charge on any atom is -0.496 e. The van der Waals surface area contributed by atoms with Crippen molar-refractivity contribution in [3.05, 3.63) is 52.8 Å². The lowest BCUT2D eigenvalue weighted by molar-refractivity contribution is 0.295. The van der Waals surface area contributed by atoms with E-state index >= 15 is 0 Å². The Morgan fingerprint density at radius 1 is 1.19 bits per heavy atom. The van der Waals surface area contributed by atoms with Gasteiger partial charge in [-0.25, -0.2) is 4.39 Å². The number of methoxy groups -OCH3 is 1. The summed E-state index contributed by atoms with van der Waals surface area (Å²) in [5.41, 5.74) is 0.711. The average Bonchev–Trinajstić information content (AvgIpc) is 2.44. The van der Waals surface area contributed by atoms with Gasteiger partial charge in [0, 0.05) is 16.7 Å². The number of benzene rings is 2. The Morgan fingerprint density at radius 3 is 2.62 bits per heavy atom. The van der Waals surface area contributed by atoms with Gasteiger partial charge in [-0.15, -0.1) is 0 Å². The van der Waals surface area contributed by atoms with E-state index in [1.165, 1.54) is 13.2 Å². The van der Waals surface area contributed by atoms with Crippen LogP contribution in [0.25, 0.3) is 0 Å². The number of hydrogen-bond donors (Lipinski definition) is 2. The molecule has 0 amide bonds. The molecule has 0 aliphatic rings. The second-order valence-electron chi connectivity index (χ2n) is 4.34. The van der Waals surface area contributed by atoms with Gasteiger partial charge in [0.2, 0.25) is 0 Å². The third-order valence-electron chi connectivity index (χ3n) is 2.83. The Kier molecular flexibility index (Phi) is 5.06. The van der Waals surface area contributed by atoms with Crippen LogP contribution in [0.1, 0.15) is 5.56 Å². The van der Waals surface area contributed by atoms with Crippen molar-refractivity contribution in [1.82, 2.24) is 0 Å². The molecule has 0 heterocycles. The molecule has 2 rings (SSSR count). The van der Waals surface area contributed by atoms with Gasteiger partial charge in [-0.3, -0.25) is 0 Å². The molecule has 0 atom stereocenters. The van der Waals surface area contributed by atoms with Crippen LogP contribution in [0.3, 0.4) is 0 Å². The van der Waals surface area contributed by atoms with Crippen LogP contribution >= 0.6 is 11.6 Å². The van der Waals surface area contributed by atoms with Crippen molar-refractivity contribution in [3.63, 3.8) is 0 Å². The normalized spacial score (nSPS) is 10.3. The standard InChI is InChI=1S/C14H13BClFO4/c1-20-14-3-2-11(16)4-9(14)8-21-13-6-10(15(18)19)5-12(17)7-13/h2-7,18-19H,8H2,1H3. The molecule has 0 aromatic heterocycles. The van der Waals surface area contributed by atoms with E-state index in [0.717, 1.165) is 12.1 Å². The SMILES string of the molecule is COc1ccc(Cl)cc1COc1cc(F)cc(B(O)O)c1. The van der Waals surface area contributed by atoms with Crippen LogP contribution in [0.4, 0.5) is 4.39 Å². The molecule has 2 aromatic carbocycles. The summed E-state index contributed by atoms with van der Waals surface area (Å²) in [6, 6.07) is 8.61. The summed E-state index contributed by atoms with van der Waals surface area (Å²) < 4.78 is 24.0. The van der Waals surface area contributed by atoms with Crippen LogP contribution in [-0.4, -0.2) is 24.3 Å². The summed E-state index contributed by atoms with van der Waals surface area (Å²) in [6.45, 7) is 0.105. The minimum absolute atomic E-state index is 0.0167. The Hall–Kier alpha value is -1.76. The lowest BCUT2D eigenvalue weighted by atomic mass is 9.80. The highest BCUT2D eigenvalue weighted by Crippen LogP contribution is 2.24. The lowest BCUT2D eigenvalue weighted by Crippen LogP contribution is -2.30. The topological polar surface area (TPSA) is 58.9 Å². The van der Waals surface area contributed by atoms with E-state index in [0.29, 0.717) is 16.3 Å². The summed E-state index contributed by atoms with van der Waals surface area (Å²) in [5.74, 6) is 0.159. The Bertz CT molecular complexity index is 636. The molecule has 0 radical (unpaired) electrons. The summed E-state index contributed by atoms with van der Waals surface area (Å²) in [6.07, 6.45) is 0. The molecule has 0 saturated heterocycles. The fraction of sp³-hybridized carbons (Fsp3) is 0.143. The Morgan fingerprint density at radius 2 is 1.95 bits per heavy atom. The van der Waals surface area contributed by atoms with E-state index in [-0.39, 0.29) is 17.8 Å². The number of hydrogen-bond acceptors (Lipinski definition) is 4. The van der Waals surface area contributed by atoms with Crippen molar-refractivity contribution in [1.29, 1.82) is 0 Å². The molecule has 7 heteroatoms. The first-order chi connectivity index (χ1) is 9.99. The van der Waals surface area contributed by atoms with Gasteiger partial charge in [0.15, 0.2) is 0 Å². The fourth-order valence-corrected chi connectivity index (χ4v) is 2.03. The summed E-state index contributed by atoms with van der Waals surface area (Å²) in [7, 11) is -0.237. The zero-order valence-corrected chi connectivity index (χ0v) is 12.0. The molecule has 110 valence electrons. The van der Waals surface area contributed by atoms with E-state index in [1.807, 2.05) is 0 Å². The highest BCUT2D eigenvalue weighted by Gasteiger charge is 2.14.